The summed E-state index contributed by atoms with van der Waals surface area (Å²) >= 11 is 0. The number of carboxylic acid groups (broad SMARTS) is 1. The Kier molecular flexibility index (Phi) is 4.43. The van der Waals surface area contributed by atoms with Gasteiger partial charge in [0.15, 0.2) is 0 Å². The predicted molar refractivity (Wildman–Crippen MR) is 73.6 cm³/mol. The largest absolute Gasteiger partial charge is 0.497 e. The molecule has 1 saturated heterocycles. The first-order valence-electron chi connectivity index (χ1n) is 6.72. The van der Waals surface area contributed by atoms with E-state index in [4.69, 9.17) is 4.74 Å². The van der Waals surface area contributed by atoms with Crippen molar-refractivity contribution in [3.8, 4) is 5.75 Å². The van der Waals surface area contributed by atoms with E-state index < -0.39 is 5.97 Å². The number of carbonyl (C=O) groups is 1. The number of ether oxygens (including phenoxy) is 1. The van der Waals surface area contributed by atoms with Gasteiger partial charge in [0.2, 0.25) is 0 Å². The van der Waals surface area contributed by atoms with Crippen LogP contribution in [0.25, 0.3) is 0 Å². The first kappa shape index (κ1) is 13.9. The number of hydrogen-bond donors (Lipinski definition) is 1. The number of methoxy groups -OCH3 is 1. The van der Waals surface area contributed by atoms with Crippen LogP contribution in [0.1, 0.15) is 31.2 Å². The lowest BCUT2D eigenvalue weighted by Gasteiger charge is -2.25. The van der Waals surface area contributed by atoms with Gasteiger partial charge in [-0.2, -0.15) is 0 Å². The molecule has 0 bridgehead atoms. The summed E-state index contributed by atoms with van der Waals surface area (Å²) < 4.78 is 5.14. The van der Waals surface area contributed by atoms with Gasteiger partial charge in [0.1, 0.15) is 11.8 Å². The zero-order valence-corrected chi connectivity index (χ0v) is 11.5. The van der Waals surface area contributed by atoms with Crippen molar-refractivity contribution < 1.29 is 14.6 Å². The van der Waals surface area contributed by atoms with Crippen LogP contribution in [0, 0.1) is 0 Å². The summed E-state index contributed by atoms with van der Waals surface area (Å²) in [6.45, 7) is 3.82. The summed E-state index contributed by atoms with van der Waals surface area (Å²) in [4.78, 5) is 13.2. The zero-order chi connectivity index (χ0) is 13.8. The highest BCUT2D eigenvalue weighted by Gasteiger charge is 2.31. The Morgan fingerprint density at radius 1 is 1.47 bits per heavy atom. The van der Waals surface area contributed by atoms with Crippen molar-refractivity contribution in [1.82, 2.24) is 4.90 Å². The molecule has 1 heterocycles. The molecule has 4 heteroatoms. The quantitative estimate of drug-likeness (QED) is 0.886. The van der Waals surface area contributed by atoms with E-state index in [9.17, 15) is 9.90 Å². The Morgan fingerprint density at radius 2 is 2.16 bits per heavy atom. The van der Waals surface area contributed by atoms with Crippen LogP contribution in [0.2, 0.25) is 0 Å². The molecule has 1 aliphatic heterocycles. The number of hydrogen-bond acceptors (Lipinski definition) is 3. The molecule has 1 aromatic rings. The number of benzene rings is 1. The fourth-order valence-electron chi connectivity index (χ4n) is 2.71. The predicted octanol–water partition coefficient (Wildman–Crippen LogP) is 2.35. The summed E-state index contributed by atoms with van der Waals surface area (Å²) in [5.41, 5.74) is 1.22. The van der Waals surface area contributed by atoms with Gasteiger partial charge in [-0.1, -0.05) is 19.1 Å². The van der Waals surface area contributed by atoms with E-state index >= 15 is 0 Å². The van der Waals surface area contributed by atoms with Crippen LogP contribution in [0.4, 0.5) is 0 Å². The molecule has 0 aromatic heterocycles. The van der Waals surface area contributed by atoms with E-state index in [-0.39, 0.29) is 6.04 Å². The summed E-state index contributed by atoms with van der Waals surface area (Å²) in [5, 5.41) is 9.18. The van der Waals surface area contributed by atoms with Crippen LogP contribution < -0.4 is 4.74 Å². The third-order valence-corrected chi connectivity index (χ3v) is 3.84. The van der Waals surface area contributed by atoms with Gasteiger partial charge in [-0.15, -0.1) is 0 Å². The van der Waals surface area contributed by atoms with Gasteiger partial charge in [-0.25, -0.2) is 0 Å². The minimum atomic E-state index is -0.695. The number of carboxylic acids is 1. The molecule has 1 aliphatic rings. The maximum absolute atomic E-state index is 11.2. The second kappa shape index (κ2) is 6.06. The Balaban J connectivity index is 1.99. The molecule has 19 heavy (non-hydrogen) atoms. The van der Waals surface area contributed by atoms with Gasteiger partial charge in [0, 0.05) is 6.54 Å². The lowest BCUT2D eigenvalue weighted by atomic mass is 10.00. The molecule has 2 unspecified atom stereocenters. The van der Waals surface area contributed by atoms with Crippen molar-refractivity contribution in [3.63, 3.8) is 0 Å². The molecule has 0 saturated carbocycles. The highest BCUT2D eigenvalue weighted by molar-refractivity contribution is 5.73. The van der Waals surface area contributed by atoms with E-state index in [1.165, 1.54) is 5.56 Å². The van der Waals surface area contributed by atoms with Crippen molar-refractivity contribution in [3.05, 3.63) is 29.8 Å². The molecule has 1 aromatic carbocycles. The van der Waals surface area contributed by atoms with Gasteiger partial charge < -0.3 is 9.84 Å². The van der Waals surface area contributed by atoms with Crippen LogP contribution in [-0.2, 0) is 4.79 Å². The van der Waals surface area contributed by atoms with Crippen molar-refractivity contribution in [2.75, 3.05) is 20.2 Å². The van der Waals surface area contributed by atoms with Crippen molar-refractivity contribution in [1.29, 1.82) is 0 Å². The number of likely N-dealkylation sites (tertiary alicyclic amines) is 1. The van der Waals surface area contributed by atoms with Gasteiger partial charge >= 0.3 is 5.97 Å². The van der Waals surface area contributed by atoms with Gasteiger partial charge in [0.25, 0.3) is 0 Å². The van der Waals surface area contributed by atoms with Crippen molar-refractivity contribution in [2.24, 2.45) is 0 Å². The number of nitrogens with zero attached hydrogens (tertiary/aromatic N) is 1. The Labute approximate surface area is 114 Å². The van der Waals surface area contributed by atoms with E-state index in [1.54, 1.807) is 7.11 Å². The van der Waals surface area contributed by atoms with Crippen LogP contribution in [-0.4, -0.2) is 42.2 Å². The third-order valence-electron chi connectivity index (χ3n) is 3.84. The van der Waals surface area contributed by atoms with Crippen LogP contribution >= 0.6 is 0 Å². The molecule has 0 radical (unpaired) electrons. The van der Waals surface area contributed by atoms with Gasteiger partial charge in [-0.3, -0.25) is 9.69 Å². The van der Waals surface area contributed by atoms with E-state index in [1.807, 2.05) is 12.1 Å². The molecule has 0 amide bonds. The summed E-state index contributed by atoms with van der Waals surface area (Å²) in [7, 11) is 1.65. The minimum absolute atomic E-state index is 0.305. The average molecular weight is 263 g/mol. The zero-order valence-electron chi connectivity index (χ0n) is 11.5. The van der Waals surface area contributed by atoms with E-state index in [0.29, 0.717) is 5.92 Å². The molecule has 2 atom stereocenters. The molecule has 4 nitrogen and oxygen atoms in total. The van der Waals surface area contributed by atoms with E-state index in [2.05, 4.69) is 24.0 Å². The Morgan fingerprint density at radius 3 is 2.74 bits per heavy atom. The number of rotatable bonds is 5. The maximum Gasteiger partial charge on any atom is 0.320 e. The maximum atomic E-state index is 11.2. The summed E-state index contributed by atoms with van der Waals surface area (Å²) in [6.07, 6.45) is 1.75. The lowest BCUT2D eigenvalue weighted by Crippen LogP contribution is -2.38. The van der Waals surface area contributed by atoms with Gasteiger partial charge in [-0.05, 0) is 43.0 Å². The SMILES string of the molecule is COc1ccc(C(C)CN2CCCC2C(=O)O)cc1. The van der Waals surface area contributed by atoms with Crippen LogP contribution in [0.5, 0.6) is 5.75 Å². The summed E-state index contributed by atoms with van der Waals surface area (Å²) in [5.74, 6) is 0.478. The molecule has 1 N–H and O–H groups in total. The average Bonchev–Trinajstić information content (AvgIpc) is 2.87. The second-order valence-electron chi connectivity index (χ2n) is 5.17. The fourth-order valence-corrected chi connectivity index (χ4v) is 2.71. The fraction of sp³-hybridized carbons (Fsp3) is 0.533. The third kappa shape index (κ3) is 3.26. The molecular weight excluding hydrogens is 242 g/mol. The van der Waals surface area contributed by atoms with Crippen molar-refractivity contribution >= 4 is 5.97 Å². The second-order valence-corrected chi connectivity index (χ2v) is 5.17. The normalized spacial score (nSPS) is 21.3. The highest BCUT2D eigenvalue weighted by atomic mass is 16.5. The highest BCUT2D eigenvalue weighted by Crippen LogP contribution is 2.24. The smallest absolute Gasteiger partial charge is 0.320 e. The lowest BCUT2D eigenvalue weighted by molar-refractivity contribution is -0.142. The standard InChI is InChI=1S/C15H21NO3/c1-11(12-5-7-13(19-2)8-6-12)10-16-9-3-4-14(16)15(17)18/h5-8,11,14H,3-4,9-10H2,1-2H3,(H,17,18). The Hall–Kier alpha value is -1.55. The molecule has 0 spiro atoms. The molecular formula is C15H21NO3. The minimum Gasteiger partial charge on any atom is -0.497 e. The first-order valence-corrected chi connectivity index (χ1v) is 6.72. The first-order chi connectivity index (χ1) is 9.11. The van der Waals surface area contributed by atoms with Crippen LogP contribution in [0.15, 0.2) is 24.3 Å². The molecule has 104 valence electrons. The molecule has 2 rings (SSSR count). The molecule has 1 fully saturated rings. The number of aliphatic carboxylic acids is 1. The Bertz CT molecular complexity index is 430. The van der Waals surface area contributed by atoms with E-state index in [0.717, 1.165) is 31.7 Å². The monoisotopic (exact) mass is 263 g/mol. The van der Waals surface area contributed by atoms with Crippen LogP contribution in [0.3, 0.4) is 0 Å². The topological polar surface area (TPSA) is 49.8 Å². The van der Waals surface area contributed by atoms with Gasteiger partial charge in [0.05, 0.1) is 7.11 Å². The van der Waals surface area contributed by atoms with Crippen molar-refractivity contribution in [2.45, 2.75) is 31.7 Å². The molecule has 0 aliphatic carbocycles. The summed E-state index contributed by atoms with van der Waals surface area (Å²) in [6, 6.07) is 7.69.